The standard InChI is InChI=1S/C12H22O11/c13-1-3-5(15)7(17)8(18)12(22-3)23-10-6(16)4(2-14)21-11(20)9(10)19/h3-20H,1-2H2/t3-,4-,5-,6+,7+,8-,9-,10-,11+,12-/m0/s1. The first kappa shape index (κ1) is 18.9. The van der Waals surface area contributed by atoms with Gasteiger partial charge in [0.15, 0.2) is 12.6 Å². The van der Waals surface area contributed by atoms with Crippen LogP contribution in [0.4, 0.5) is 0 Å². The van der Waals surface area contributed by atoms with Crippen molar-refractivity contribution in [2.75, 3.05) is 13.2 Å². The molecule has 0 aliphatic carbocycles. The maximum absolute atomic E-state index is 10.00. The zero-order valence-electron chi connectivity index (χ0n) is 12.0. The monoisotopic (exact) mass is 342 g/mol. The van der Waals surface area contributed by atoms with Gasteiger partial charge in [0.05, 0.1) is 13.2 Å². The van der Waals surface area contributed by atoms with Crippen LogP contribution in [0.5, 0.6) is 0 Å². The van der Waals surface area contributed by atoms with Gasteiger partial charge in [0, 0.05) is 0 Å². The van der Waals surface area contributed by atoms with E-state index in [4.69, 9.17) is 24.4 Å². The van der Waals surface area contributed by atoms with E-state index < -0.39 is 74.6 Å². The molecule has 0 unspecified atom stereocenters. The molecule has 11 nitrogen and oxygen atoms in total. The zero-order chi connectivity index (χ0) is 17.3. The Labute approximate surface area is 130 Å². The average Bonchev–Trinajstić information content (AvgIpc) is 2.54. The van der Waals surface area contributed by atoms with Gasteiger partial charge in [-0.1, -0.05) is 0 Å². The van der Waals surface area contributed by atoms with Crippen LogP contribution in [0.3, 0.4) is 0 Å². The molecule has 2 aliphatic rings. The summed E-state index contributed by atoms with van der Waals surface area (Å²) in [6.07, 6.45) is -15.7. The number of rotatable bonds is 4. The van der Waals surface area contributed by atoms with Gasteiger partial charge in [0.25, 0.3) is 0 Å². The number of ether oxygens (including phenoxy) is 3. The Morgan fingerprint density at radius 1 is 0.652 bits per heavy atom. The van der Waals surface area contributed by atoms with Crippen LogP contribution in [0, 0.1) is 0 Å². The number of hydrogen-bond donors (Lipinski definition) is 8. The van der Waals surface area contributed by atoms with Gasteiger partial charge < -0.3 is 55.1 Å². The van der Waals surface area contributed by atoms with Crippen LogP contribution in [-0.4, -0.2) is 115 Å². The van der Waals surface area contributed by atoms with Crippen molar-refractivity contribution in [3.05, 3.63) is 0 Å². The molecule has 11 heteroatoms. The third kappa shape index (κ3) is 3.65. The average molecular weight is 342 g/mol. The van der Waals surface area contributed by atoms with Gasteiger partial charge in [0.1, 0.15) is 48.8 Å². The summed E-state index contributed by atoms with van der Waals surface area (Å²) in [5.41, 5.74) is 0. The number of hydrogen-bond acceptors (Lipinski definition) is 11. The maximum atomic E-state index is 10.00. The minimum Gasteiger partial charge on any atom is -0.394 e. The van der Waals surface area contributed by atoms with E-state index >= 15 is 0 Å². The molecule has 23 heavy (non-hydrogen) atoms. The van der Waals surface area contributed by atoms with Crippen LogP contribution in [0.2, 0.25) is 0 Å². The Morgan fingerprint density at radius 3 is 1.78 bits per heavy atom. The summed E-state index contributed by atoms with van der Waals surface area (Å²) in [5, 5.41) is 76.8. The van der Waals surface area contributed by atoms with Crippen molar-refractivity contribution in [2.24, 2.45) is 0 Å². The lowest BCUT2D eigenvalue weighted by atomic mass is 9.97. The molecule has 10 atom stereocenters. The highest BCUT2D eigenvalue weighted by Gasteiger charge is 2.50. The van der Waals surface area contributed by atoms with Crippen molar-refractivity contribution in [3.63, 3.8) is 0 Å². The van der Waals surface area contributed by atoms with E-state index in [1.54, 1.807) is 0 Å². The van der Waals surface area contributed by atoms with E-state index in [0.29, 0.717) is 0 Å². The van der Waals surface area contributed by atoms with E-state index in [2.05, 4.69) is 0 Å². The summed E-state index contributed by atoms with van der Waals surface area (Å²) in [4.78, 5) is 0. The van der Waals surface area contributed by atoms with E-state index in [9.17, 15) is 30.6 Å². The minimum absolute atomic E-state index is 0.667. The van der Waals surface area contributed by atoms with E-state index in [1.165, 1.54) is 0 Å². The van der Waals surface area contributed by atoms with E-state index in [1.807, 2.05) is 0 Å². The largest absolute Gasteiger partial charge is 0.394 e. The van der Waals surface area contributed by atoms with Gasteiger partial charge in [-0.15, -0.1) is 0 Å². The van der Waals surface area contributed by atoms with Crippen LogP contribution in [0.25, 0.3) is 0 Å². The minimum atomic E-state index is -1.76. The van der Waals surface area contributed by atoms with Crippen molar-refractivity contribution in [3.8, 4) is 0 Å². The topological polar surface area (TPSA) is 190 Å². The second-order valence-electron chi connectivity index (χ2n) is 5.53. The van der Waals surface area contributed by atoms with Gasteiger partial charge in [-0.05, 0) is 0 Å². The van der Waals surface area contributed by atoms with Crippen LogP contribution < -0.4 is 0 Å². The third-order valence-electron chi connectivity index (χ3n) is 3.98. The summed E-state index contributed by atoms with van der Waals surface area (Å²) in [6, 6.07) is 0. The van der Waals surface area contributed by atoms with Gasteiger partial charge in [-0.25, -0.2) is 0 Å². The third-order valence-corrected chi connectivity index (χ3v) is 3.98. The quantitative estimate of drug-likeness (QED) is 0.243. The molecule has 0 amide bonds. The fourth-order valence-electron chi connectivity index (χ4n) is 2.56. The van der Waals surface area contributed by atoms with Crippen molar-refractivity contribution in [1.29, 1.82) is 0 Å². The molecule has 0 bridgehead atoms. The molecule has 0 spiro atoms. The van der Waals surface area contributed by atoms with Crippen LogP contribution in [-0.2, 0) is 14.2 Å². The Morgan fingerprint density at radius 2 is 1.22 bits per heavy atom. The lowest BCUT2D eigenvalue weighted by molar-refractivity contribution is -0.355. The maximum Gasteiger partial charge on any atom is 0.187 e. The fourth-order valence-corrected chi connectivity index (χ4v) is 2.56. The normalized spacial score (nSPS) is 51.7. The van der Waals surface area contributed by atoms with Gasteiger partial charge in [0.2, 0.25) is 0 Å². The smallest absolute Gasteiger partial charge is 0.187 e. The lowest BCUT2D eigenvalue weighted by Crippen LogP contribution is -2.64. The molecular weight excluding hydrogens is 320 g/mol. The second kappa shape index (κ2) is 7.63. The molecule has 2 saturated heterocycles. The zero-order valence-corrected chi connectivity index (χ0v) is 12.0. The van der Waals surface area contributed by atoms with Gasteiger partial charge in [-0.3, -0.25) is 0 Å². The first-order valence-corrected chi connectivity index (χ1v) is 7.08. The molecule has 0 aromatic carbocycles. The molecule has 0 saturated carbocycles. The highest BCUT2D eigenvalue weighted by Crippen LogP contribution is 2.28. The van der Waals surface area contributed by atoms with Crippen molar-refractivity contribution < 1.29 is 55.1 Å². The highest BCUT2D eigenvalue weighted by molar-refractivity contribution is 4.93. The Balaban J connectivity index is 2.11. The first-order valence-electron chi connectivity index (χ1n) is 7.08. The molecule has 2 rings (SSSR count). The number of aliphatic hydroxyl groups is 8. The van der Waals surface area contributed by atoms with E-state index in [0.717, 1.165) is 0 Å². The number of aliphatic hydroxyl groups excluding tert-OH is 8. The Kier molecular flexibility index (Phi) is 6.27. The Bertz CT molecular complexity index is 380. The molecule has 2 aliphatic heterocycles. The van der Waals surface area contributed by atoms with Gasteiger partial charge >= 0.3 is 0 Å². The fraction of sp³-hybridized carbons (Fsp3) is 1.00. The molecular formula is C12H22O11. The van der Waals surface area contributed by atoms with Crippen molar-refractivity contribution in [1.82, 2.24) is 0 Å². The predicted octanol–water partition coefficient (Wildman–Crippen LogP) is -5.40. The summed E-state index contributed by atoms with van der Waals surface area (Å²) in [5.74, 6) is 0. The molecule has 0 aromatic rings. The molecule has 2 fully saturated rings. The molecule has 2 heterocycles. The van der Waals surface area contributed by atoms with Crippen LogP contribution >= 0.6 is 0 Å². The predicted molar refractivity (Wildman–Crippen MR) is 68.6 cm³/mol. The summed E-state index contributed by atoms with van der Waals surface area (Å²) < 4.78 is 15.1. The summed E-state index contributed by atoms with van der Waals surface area (Å²) in [6.45, 7) is -1.34. The highest BCUT2D eigenvalue weighted by atomic mass is 16.7. The molecule has 0 aromatic heterocycles. The molecule has 136 valence electrons. The first-order chi connectivity index (χ1) is 10.8. The SMILES string of the molecule is OC[C@@H]1O[C@@H](O[C@@H]2[C@H](O)[C@H](O)O[C@@H](CO)[C@H]2O)[C@@H](O)[C@H](O)[C@H]1O. The summed E-state index contributed by atoms with van der Waals surface area (Å²) in [7, 11) is 0. The lowest BCUT2D eigenvalue weighted by Gasteiger charge is -2.45. The van der Waals surface area contributed by atoms with Crippen LogP contribution in [0.1, 0.15) is 0 Å². The van der Waals surface area contributed by atoms with E-state index in [-0.39, 0.29) is 0 Å². The molecule has 0 radical (unpaired) electrons. The van der Waals surface area contributed by atoms with Crippen molar-refractivity contribution in [2.45, 2.75) is 61.4 Å². The van der Waals surface area contributed by atoms with Gasteiger partial charge in [-0.2, -0.15) is 0 Å². The Hall–Kier alpha value is -0.440. The second-order valence-corrected chi connectivity index (χ2v) is 5.53. The van der Waals surface area contributed by atoms with Crippen molar-refractivity contribution >= 4 is 0 Å². The van der Waals surface area contributed by atoms with Crippen LogP contribution in [0.15, 0.2) is 0 Å². The summed E-state index contributed by atoms with van der Waals surface area (Å²) >= 11 is 0. The molecule has 8 N–H and O–H groups in total.